The zero-order chi connectivity index (χ0) is 18.7. The van der Waals surface area contributed by atoms with E-state index in [4.69, 9.17) is 9.47 Å². The fourth-order valence-corrected chi connectivity index (χ4v) is 3.35. The third-order valence-electron chi connectivity index (χ3n) is 4.86. The van der Waals surface area contributed by atoms with E-state index in [0.29, 0.717) is 18.8 Å². The van der Waals surface area contributed by atoms with Gasteiger partial charge in [0.15, 0.2) is 11.5 Å². The molecule has 4 nitrogen and oxygen atoms in total. The van der Waals surface area contributed by atoms with E-state index in [-0.39, 0.29) is 5.91 Å². The summed E-state index contributed by atoms with van der Waals surface area (Å²) in [7, 11) is 3.27. The number of ether oxygens (including phenoxy) is 2. The van der Waals surface area contributed by atoms with Gasteiger partial charge in [-0.2, -0.15) is 0 Å². The lowest BCUT2D eigenvalue weighted by Gasteiger charge is -2.28. The van der Waals surface area contributed by atoms with Crippen LogP contribution in [-0.4, -0.2) is 31.6 Å². The minimum Gasteiger partial charge on any atom is -0.493 e. The Hall–Kier alpha value is -2.75. The molecule has 1 aliphatic heterocycles. The molecule has 0 aromatic heterocycles. The summed E-state index contributed by atoms with van der Waals surface area (Å²) >= 11 is 0. The number of rotatable bonds is 4. The van der Waals surface area contributed by atoms with Crippen LogP contribution in [0.3, 0.4) is 0 Å². The maximum Gasteiger partial charge on any atom is 0.246 e. The molecule has 0 saturated heterocycles. The predicted octanol–water partition coefficient (Wildman–Crippen LogP) is 3.92. The van der Waals surface area contributed by atoms with E-state index >= 15 is 0 Å². The Morgan fingerprint density at radius 2 is 1.73 bits per heavy atom. The number of nitrogens with zero attached hydrogens (tertiary/aromatic N) is 1. The van der Waals surface area contributed by atoms with Gasteiger partial charge in [0.05, 0.1) is 14.2 Å². The average molecular weight is 351 g/mol. The van der Waals surface area contributed by atoms with Gasteiger partial charge in [0.25, 0.3) is 0 Å². The van der Waals surface area contributed by atoms with Crippen molar-refractivity contribution in [3.05, 3.63) is 64.2 Å². The van der Waals surface area contributed by atoms with Crippen molar-refractivity contribution < 1.29 is 14.3 Å². The van der Waals surface area contributed by atoms with Crippen LogP contribution in [-0.2, 0) is 17.8 Å². The molecule has 1 aliphatic rings. The van der Waals surface area contributed by atoms with Crippen molar-refractivity contribution in [2.45, 2.75) is 26.8 Å². The first-order valence-electron chi connectivity index (χ1n) is 8.80. The number of hydrogen-bond acceptors (Lipinski definition) is 3. The first kappa shape index (κ1) is 18.1. The third-order valence-corrected chi connectivity index (χ3v) is 4.86. The Labute approximate surface area is 155 Å². The van der Waals surface area contributed by atoms with E-state index in [1.807, 2.05) is 23.1 Å². The van der Waals surface area contributed by atoms with E-state index in [1.165, 1.54) is 16.7 Å². The molecule has 0 saturated carbocycles. The third kappa shape index (κ3) is 3.74. The van der Waals surface area contributed by atoms with Crippen LogP contribution in [0.1, 0.15) is 27.8 Å². The molecular formula is C22H25NO3. The summed E-state index contributed by atoms with van der Waals surface area (Å²) in [6.45, 7) is 5.43. The van der Waals surface area contributed by atoms with Crippen molar-refractivity contribution in [2.75, 3.05) is 20.8 Å². The van der Waals surface area contributed by atoms with E-state index in [0.717, 1.165) is 23.3 Å². The molecule has 26 heavy (non-hydrogen) atoms. The van der Waals surface area contributed by atoms with Gasteiger partial charge < -0.3 is 14.4 Å². The Morgan fingerprint density at radius 1 is 1.04 bits per heavy atom. The molecule has 0 aliphatic carbocycles. The van der Waals surface area contributed by atoms with Gasteiger partial charge in [-0.15, -0.1) is 0 Å². The fraction of sp³-hybridized carbons (Fsp3) is 0.318. The zero-order valence-corrected chi connectivity index (χ0v) is 15.8. The number of aryl methyl sites for hydroxylation is 2. The van der Waals surface area contributed by atoms with Crippen molar-refractivity contribution in [3.8, 4) is 11.5 Å². The maximum absolute atomic E-state index is 12.6. The lowest BCUT2D eigenvalue weighted by Crippen LogP contribution is -2.34. The molecule has 2 aromatic rings. The zero-order valence-electron chi connectivity index (χ0n) is 15.8. The second-order valence-electron chi connectivity index (χ2n) is 6.68. The van der Waals surface area contributed by atoms with Gasteiger partial charge in [-0.25, -0.2) is 0 Å². The van der Waals surface area contributed by atoms with Gasteiger partial charge in [-0.05, 0) is 60.7 Å². The van der Waals surface area contributed by atoms with Gasteiger partial charge in [0.2, 0.25) is 5.91 Å². The van der Waals surface area contributed by atoms with Crippen molar-refractivity contribution >= 4 is 12.0 Å². The smallest absolute Gasteiger partial charge is 0.246 e. The van der Waals surface area contributed by atoms with Crippen LogP contribution in [0.2, 0.25) is 0 Å². The molecule has 0 N–H and O–H groups in total. The predicted molar refractivity (Wildman–Crippen MR) is 104 cm³/mol. The average Bonchev–Trinajstić information content (AvgIpc) is 2.65. The summed E-state index contributed by atoms with van der Waals surface area (Å²) in [6.07, 6.45) is 4.39. The van der Waals surface area contributed by atoms with Gasteiger partial charge in [0, 0.05) is 19.2 Å². The Bertz CT molecular complexity index is 855. The first-order valence-corrected chi connectivity index (χ1v) is 8.80. The molecular weight excluding hydrogens is 326 g/mol. The number of carbonyl (C=O) groups is 1. The first-order chi connectivity index (χ1) is 12.5. The molecule has 1 heterocycles. The van der Waals surface area contributed by atoms with E-state index in [1.54, 1.807) is 20.3 Å². The lowest BCUT2D eigenvalue weighted by molar-refractivity contribution is -0.126. The molecule has 0 radical (unpaired) electrons. The topological polar surface area (TPSA) is 38.8 Å². The molecule has 0 unspecified atom stereocenters. The molecule has 3 rings (SSSR count). The number of fused-ring (bicyclic) bond motifs is 1. The quantitative estimate of drug-likeness (QED) is 0.784. The summed E-state index contributed by atoms with van der Waals surface area (Å²) < 4.78 is 10.8. The maximum atomic E-state index is 12.6. The van der Waals surface area contributed by atoms with Crippen molar-refractivity contribution in [1.29, 1.82) is 0 Å². The normalized spacial score (nSPS) is 13.6. The number of benzene rings is 2. The number of amides is 1. The number of carbonyl (C=O) groups excluding carboxylic acids is 1. The van der Waals surface area contributed by atoms with Gasteiger partial charge in [0.1, 0.15) is 0 Å². The molecule has 0 bridgehead atoms. The minimum absolute atomic E-state index is 0.0328. The summed E-state index contributed by atoms with van der Waals surface area (Å²) in [6, 6.07) is 10.2. The van der Waals surface area contributed by atoms with Crippen LogP contribution in [0.5, 0.6) is 11.5 Å². The molecule has 0 spiro atoms. The Balaban J connectivity index is 1.75. The largest absolute Gasteiger partial charge is 0.493 e. The van der Waals surface area contributed by atoms with Gasteiger partial charge in [-0.1, -0.05) is 23.8 Å². The molecule has 0 fully saturated rings. The molecule has 2 aromatic carbocycles. The van der Waals surface area contributed by atoms with Crippen molar-refractivity contribution in [1.82, 2.24) is 4.90 Å². The fourth-order valence-electron chi connectivity index (χ4n) is 3.35. The highest BCUT2D eigenvalue weighted by Crippen LogP contribution is 2.33. The molecule has 1 amide bonds. The van der Waals surface area contributed by atoms with E-state index in [2.05, 4.69) is 32.0 Å². The minimum atomic E-state index is 0.0328. The van der Waals surface area contributed by atoms with Crippen LogP contribution < -0.4 is 9.47 Å². The standard InChI is InChI=1S/C22H25NO3/c1-15-5-6-17(16(2)11-15)7-8-22(24)23-10-9-18-12-20(25-3)21(26-4)13-19(18)14-23/h5-8,11-13H,9-10,14H2,1-4H3/b8-7+. The van der Waals surface area contributed by atoms with Crippen molar-refractivity contribution in [3.63, 3.8) is 0 Å². The molecule has 0 atom stereocenters. The number of hydrogen-bond donors (Lipinski definition) is 0. The summed E-state index contributed by atoms with van der Waals surface area (Å²) in [5.74, 6) is 1.47. The Morgan fingerprint density at radius 3 is 2.38 bits per heavy atom. The highest BCUT2D eigenvalue weighted by molar-refractivity contribution is 5.92. The van der Waals surface area contributed by atoms with Crippen LogP contribution in [0.4, 0.5) is 0 Å². The monoisotopic (exact) mass is 351 g/mol. The molecule has 4 heteroatoms. The second-order valence-corrected chi connectivity index (χ2v) is 6.68. The Kier molecular flexibility index (Phi) is 5.31. The van der Waals surface area contributed by atoms with Crippen LogP contribution in [0.15, 0.2) is 36.4 Å². The summed E-state index contributed by atoms with van der Waals surface area (Å²) in [5.41, 5.74) is 5.80. The van der Waals surface area contributed by atoms with Crippen LogP contribution in [0.25, 0.3) is 6.08 Å². The van der Waals surface area contributed by atoms with E-state index < -0.39 is 0 Å². The SMILES string of the molecule is COc1cc2c(cc1OC)CN(C(=O)/C=C/c1ccc(C)cc1C)CC2. The second kappa shape index (κ2) is 7.65. The summed E-state index contributed by atoms with van der Waals surface area (Å²) in [5, 5.41) is 0. The van der Waals surface area contributed by atoms with Crippen LogP contribution >= 0.6 is 0 Å². The number of methoxy groups -OCH3 is 2. The molecule has 136 valence electrons. The van der Waals surface area contributed by atoms with Gasteiger partial charge in [-0.3, -0.25) is 4.79 Å². The van der Waals surface area contributed by atoms with Crippen molar-refractivity contribution in [2.24, 2.45) is 0 Å². The van der Waals surface area contributed by atoms with E-state index in [9.17, 15) is 4.79 Å². The summed E-state index contributed by atoms with van der Waals surface area (Å²) in [4.78, 5) is 14.5. The van der Waals surface area contributed by atoms with Gasteiger partial charge >= 0.3 is 0 Å². The lowest BCUT2D eigenvalue weighted by atomic mass is 9.98. The highest BCUT2D eigenvalue weighted by atomic mass is 16.5. The van der Waals surface area contributed by atoms with Crippen LogP contribution in [0, 0.1) is 13.8 Å². The highest BCUT2D eigenvalue weighted by Gasteiger charge is 2.21.